The predicted molar refractivity (Wildman–Crippen MR) is 75.2 cm³/mol. The van der Waals surface area contributed by atoms with Gasteiger partial charge in [-0.25, -0.2) is 0 Å². The Morgan fingerprint density at radius 2 is 1.83 bits per heavy atom. The first-order valence-electron chi connectivity index (χ1n) is 6.43. The van der Waals surface area contributed by atoms with Crippen LogP contribution in [0.3, 0.4) is 0 Å². The van der Waals surface area contributed by atoms with E-state index in [4.69, 9.17) is 5.73 Å². The summed E-state index contributed by atoms with van der Waals surface area (Å²) in [5, 5.41) is 0. The fourth-order valence-corrected chi connectivity index (χ4v) is 1.87. The maximum absolute atomic E-state index is 11.5. The first-order chi connectivity index (χ1) is 8.38. The highest BCUT2D eigenvalue weighted by Crippen LogP contribution is 2.18. The molecular formula is C15H25NO2. The van der Waals surface area contributed by atoms with E-state index in [0.717, 1.165) is 19.3 Å². The van der Waals surface area contributed by atoms with Crippen LogP contribution in [0.2, 0.25) is 0 Å². The van der Waals surface area contributed by atoms with E-state index in [1.165, 1.54) is 12.5 Å². The second-order valence-electron chi connectivity index (χ2n) is 4.90. The summed E-state index contributed by atoms with van der Waals surface area (Å²) in [7, 11) is 0. The monoisotopic (exact) mass is 251 g/mol. The van der Waals surface area contributed by atoms with Gasteiger partial charge in [0.15, 0.2) is 0 Å². The highest BCUT2D eigenvalue weighted by atomic mass is 16.1. The largest absolute Gasteiger partial charge is 0.321 e. The van der Waals surface area contributed by atoms with E-state index >= 15 is 0 Å². The molecule has 0 aliphatic carbocycles. The molecule has 2 atom stereocenters. The van der Waals surface area contributed by atoms with Crippen molar-refractivity contribution in [1.82, 2.24) is 0 Å². The number of carbonyl (C=O) groups excluding carboxylic acids is 2. The molecule has 0 aromatic carbocycles. The Morgan fingerprint density at radius 1 is 1.22 bits per heavy atom. The zero-order valence-electron chi connectivity index (χ0n) is 11.7. The normalized spacial score (nSPS) is 15.0. The van der Waals surface area contributed by atoms with Crippen molar-refractivity contribution < 1.29 is 9.59 Å². The molecule has 2 unspecified atom stereocenters. The number of allylic oxidation sites excluding steroid dienone is 3. The van der Waals surface area contributed by atoms with Crippen LogP contribution in [0.25, 0.3) is 0 Å². The number of ketones is 2. The van der Waals surface area contributed by atoms with Crippen LogP contribution < -0.4 is 5.73 Å². The van der Waals surface area contributed by atoms with E-state index in [2.05, 4.69) is 6.58 Å². The molecule has 0 saturated carbocycles. The van der Waals surface area contributed by atoms with Crippen LogP contribution in [0.15, 0.2) is 24.3 Å². The standard InChI is InChI=1S/C15H25NO2/c1-5-7-11(2)8-6-9-14(12(3)17)10-15(16)13(4)18/h5,7,14-15H,1,6,8-10,16H2,2-4H3. The third-order valence-electron chi connectivity index (χ3n) is 3.16. The summed E-state index contributed by atoms with van der Waals surface area (Å²) in [6.07, 6.45) is 6.89. The number of hydrogen-bond donors (Lipinski definition) is 1. The zero-order chi connectivity index (χ0) is 14.1. The molecule has 102 valence electrons. The van der Waals surface area contributed by atoms with Gasteiger partial charge >= 0.3 is 0 Å². The molecule has 3 nitrogen and oxygen atoms in total. The van der Waals surface area contributed by atoms with Crippen LogP contribution in [0.4, 0.5) is 0 Å². The molecule has 0 rings (SSSR count). The van der Waals surface area contributed by atoms with Gasteiger partial charge in [-0.3, -0.25) is 9.59 Å². The Morgan fingerprint density at radius 3 is 2.28 bits per heavy atom. The molecule has 0 amide bonds. The average molecular weight is 251 g/mol. The summed E-state index contributed by atoms with van der Waals surface area (Å²) >= 11 is 0. The van der Waals surface area contributed by atoms with Gasteiger partial charge in [-0.2, -0.15) is 0 Å². The summed E-state index contributed by atoms with van der Waals surface area (Å²) in [5.74, 6) is -0.0264. The van der Waals surface area contributed by atoms with E-state index in [1.54, 1.807) is 13.0 Å². The fraction of sp³-hybridized carbons (Fsp3) is 0.600. The fourth-order valence-electron chi connectivity index (χ4n) is 1.87. The molecule has 0 aromatic rings. The van der Waals surface area contributed by atoms with Gasteiger partial charge in [0.05, 0.1) is 6.04 Å². The Bertz CT molecular complexity index is 331. The van der Waals surface area contributed by atoms with Gasteiger partial charge in [0.2, 0.25) is 0 Å². The van der Waals surface area contributed by atoms with Gasteiger partial charge in [0.25, 0.3) is 0 Å². The van der Waals surface area contributed by atoms with Gasteiger partial charge < -0.3 is 5.73 Å². The molecule has 18 heavy (non-hydrogen) atoms. The molecule has 0 aliphatic rings. The summed E-state index contributed by atoms with van der Waals surface area (Å²) in [6, 6.07) is -0.510. The Kier molecular flexibility index (Phi) is 8.21. The van der Waals surface area contributed by atoms with E-state index in [0.29, 0.717) is 6.42 Å². The first-order valence-corrected chi connectivity index (χ1v) is 6.43. The Labute approximate surface area is 110 Å². The summed E-state index contributed by atoms with van der Waals surface area (Å²) < 4.78 is 0. The van der Waals surface area contributed by atoms with Crippen molar-refractivity contribution >= 4 is 11.6 Å². The van der Waals surface area contributed by atoms with E-state index in [-0.39, 0.29) is 17.5 Å². The van der Waals surface area contributed by atoms with Crippen molar-refractivity contribution in [3.63, 3.8) is 0 Å². The van der Waals surface area contributed by atoms with Crippen molar-refractivity contribution in [2.24, 2.45) is 11.7 Å². The minimum Gasteiger partial charge on any atom is -0.321 e. The summed E-state index contributed by atoms with van der Waals surface area (Å²) in [6.45, 7) is 8.74. The Balaban J connectivity index is 4.21. The van der Waals surface area contributed by atoms with Crippen molar-refractivity contribution in [3.8, 4) is 0 Å². The van der Waals surface area contributed by atoms with Gasteiger partial charge in [0.1, 0.15) is 11.6 Å². The van der Waals surface area contributed by atoms with Gasteiger partial charge in [-0.15, -0.1) is 0 Å². The number of rotatable bonds is 9. The van der Waals surface area contributed by atoms with Crippen molar-refractivity contribution in [1.29, 1.82) is 0 Å². The third-order valence-corrected chi connectivity index (χ3v) is 3.16. The number of nitrogens with two attached hydrogens (primary N) is 1. The minimum absolute atomic E-state index is 0.0519. The van der Waals surface area contributed by atoms with E-state index in [1.807, 2.05) is 13.0 Å². The molecule has 0 bridgehead atoms. The molecule has 2 N–H and O–H groups in total. The van der Waals surface area contributed by atoms with Crippen LogP contribution in [0, 0.1) is 5.92 Å². The second-order valence-corrected chi connectivity index (χ2v) is 4.90. The number of carbonyl (C=O) groups is 2. The SMILES string of the molecule is C=CC=C(C)CCCC(CC(N)C(C)=O)C(C)=O. The summed E-state index contributed by atoms with van der Waals surface area (Å²) in [4.78, 5) is 22.6. The molecule has 0 saturated heterocycles. The highest BCUT2D eigenvalue weighted by molar-refractivity contribution is 5.83. The van der Waals surface area contributed by atoms with Crippen molar-refractivity contribution in [3.05, 3.63) is 24.3 Å². The maximum atomic E-state index is 11.5. The Hall–Kier alpha value is -1.22. The molecule has 0 aromatic heterocycles. The van der Waals surface area contributed by atoms with E-state index in [9.17, 15) is 9.59 Å². The predicted octanol–water partition coefficient (Wildman–Crippen LogP) is 2.80. The summed E-state index contributed by atoms with van der Waals surface area (Å²) in [5.41, 5.74) is 6.96. The lowest BCUT2D eigenvalue weighted by molar-refractivity contribution is -0.122. The van der Waals surface area contributed by atoms with Gasteiger partial charge in [-0.05, 0) is 46.5 Å². The van der Waals surface area contributed by atoms with E-state index < -0.39 is 6.04 Å². The maximum Gasteiger partial charge on any atom is 0.146 e. The topological polar surface area (TPSA) is 60.2 Å². The lowest BCUT2D eigenvalue weighted by Gasteiger charge is -2.17. The third kappa shape index (κ3) is 7.17. The molecular weight excluding hydrogens is 226 g/mol. The van der Waals surface area contributed by atoms with Gasteiger partial charge in [0, 0.05) is 5.92 Å². The first kappa shape index (κ1) is 16.8. The number of Topliss-reactive ketones (excluding diaryl/α,β-unsaturated/α-hetero) is 2. The smallest absolute Gasteiger partial charge is 0.146 e. The molecule has 0 fully saturated rings. The van der Waals surface area contributed by atoms with Crippen molar-refractivity contribution in [2.75, 3.05) is 0 Å². The lowest BCUT2D eigenvalue weighted by Crippen LogP contribution is -2.32. The molecule has 0 aliphatic heterocycles. The van der Waals surface area contributed by atoms with Crippen LogP contribution >= 0.6 is 0 Å². The molecule has 3 heteroatoms. The molecule has 0 radical (unpaired) electrons. The minimum atomic E-state index is -0.510. The van der Waals surface area contributed by atoms with Crippen LogP contribution in [0.5, 0.6) is 0 Å². The van der Waals surface area contributed by atoms with Crippen LogP contribution in [-0.4, -0.2) is 17.6 Å². The van der Waals surface area contributed by atoms with Crippen LogP contribution in [-0.2, 0) is 9.59 Å². The molecule has 0 spiro atoms. The van der Waals surface area contributed by atoms with Crippen molar-refractivity contribution in [2.45, 2.75) is 52.5 Å². The lowest BCUT2D eigenvalue weighted by atomic mass is 9.89. The highest BCUT2D eigenvalue weighted by Gasteiger charge is 2.19. The van der Waals surface area contributed by atoms with Crippen LogP contribution in [0.1, 0.15) is 46.5 Å². The van der Waals surface area contributed by atoms with Gasteiger partial charge in [-0.1, -0.05) is 24.3 Å². The zero-order valence-corrected chi connectivity index (χ0v) is 11.7. The molecule has 0 heterocycles. The average Bonchev–Trinajstić information content (AvgIpc) is 2.27. The quantitative estimate of drug-likeness (QED) is 0.641. The second kappa shape index (κ2) is 8.81. The number of hydrogen-bond acceptors (Lipinski definition) is 3.